The molecule has 22 heavy (non-hydrogen) atoms. The van der Waals surface area contributed by atoms with Crippen molar-refractivity contribution in [3.8, 4) is 0 Å². The van der Waals surface area contributed by atoms with E-state index in [0.717, 1.165) is 32.4 Å². The lowest BCUT2D eigenvalue weighted by Crippen LogP contribution is -2.38. The lowest BCUT2D eigenvalue weighted by molar-refractivity contribution is 0.376. The van der Waals surface area contributed by atoms with Crippen molar-refractivity contribution in [3.05, 3.63) is 29.8 Å². The Morgan fingerprint density at radius 3 is 2.50 bits per heavy atom. The highest BCUT2D eigenvalue weighted by atomic mass is 35.5. The molecular weight excluding hydrogens is 320 g/mol. The molecule has 1 aliphatic heterocycles. The first-order valence-corrected chi connectivity index (χ1v) is 9.25. The van der Waals surface area contributed by atoms with Gasteiger partial charge < -0.3 is 5.32 Å². The zero-order chi connectivity index (χ0) is 15.3. The normalized spacial score (nSPS) is 19.0. The van der Waals surface area contributed by atoms with Crippen LogP contribution in [0.2, 0.25) is 0 Å². The molecule has 2 rings (SSSR count). The van der Waals surface area contributed by atoms with Crippen molar-refractivity contribution in [1.29, 1.82) is 0 Å². The van der Waals surface area contributed by atoms with Crippen LogP contribution in [-0.4, -0.2) is 28.1 Å². The van der Waals surface area contributed by atoms with Gasteiger partial charge in [0.25, 0.3) is 0 Å². The fraction of sp³-hybridized carbons (Fsp3) is 0.625. The van der Waals surface area contributed by atoms with Crippen LogP contribution in [0.5, 0.6) is 0 Å². The minimum Gasteiger partial charge on any atom is -0.316 e. The van der Waals surface area contributed by atoms with E-state index >= 15 is 0 Å². The maximum absolute atomic E-state index is 12.3. The lowest BCUT2D eigenvalue weighted by atomic mass is 10.0. The van der Waals surface area contributed by atoms with Gasteiger partial charge in [-0.3, -0.25) is 0 Å². The van der Waals surface area contributed by atoms with Gasteiger partial charge in [-0.15, -0.1) is 12.4 Å². The quantitative estimate of drug-likeness (QED) is 0.832. The monoisotopic (exact) mass is 346 g/mol. The summed E-state index contributed by atoms with van der Waals surface area (Å²) in [7, 11) is -3.38. The lowest BCUT2D eigenvalue weighted by Gasteiger charge is -2.22. The predicted octanol–water partition coefficient (Wildman–Crippen LogP) is 2.58. The van der Waals surface area contributed by atoms with E-state index in [9.17, 15) is 8.42 Å². The van der Waals surface area contributed by atoms with Crippen molar-refractivity contribution in [2.24, 2.45) is 11.8 Å². The molecular formula is C16H27ClN2O2S. The number of rotatable bonds is 6. The molecule has 1 fully saturated rings. The van der Waals surface area contributed by atoms with E-state index in [1.165, 1.54) is 5.56 Å². The van der Waals surface area contributed by atoms with E-state index in [4.69, 9.17) is 0 Å². The van der Waals surface area contributed by atoms with Crippen LogP contribution in [0.4, 0.5) is 0 Å². The Morgan fingerprint density at radius 2 is 1.95 bits per heavy atom. The van der Waals surface area contributed by atoms with Crippen molar-refractivity contribution in [2.45, 2.75) is 38.0 Å². The van der Waals surface area contributed by atoms with Crippen LogP contribution in [-0.2, 0) is 16.4 Å². The fourth-order valence-corrected chi connectivity index (χ4v) is 3.80. The van der Waals surface area contributed by atoms with E-state index in [1.807, 2.05) is 12.1 Å². The molecule has 6 heteroatoms. The minimum absolute atomic E-state index is 0. The first-order chi connectivity index (χ1) is 9.97. The van der Waals surface area contributed by atoms with Crippen molar-refractivity contribution in [1.82, 2.24) is 10.0 Å². The molecule has 0 spiro atoms. The molecule has 0 saturated carbocycles. The number of hydrogen-bond acceptors (Lipinski definition) is 3. The Morgan fingerprint density at radius 1 is 1.27 bits per heavy atom. The molecule has 1 unspecified atom stereocenters. The van der Waals surface area contributed by atoms with Crippen molar-refractivity contribution < 1.29 is 8.42 Å². The van der Waals surface area contributed by atoms with Gasteiger partial charge in [-0.05, 0) is 61.9 Å². The van der Waals surface area contributed by atoms with Crippen LogP contribution in [0.25, 0.3) is 0 Å². The first-order valence-electron chi connectivity index (χ1n) is 7.76. The average Bonchev–Trinajstić information content (AvgIpc) is 2.46. The summed E-state index contributed by atoms with van der Waals surface area (Å²) in [5.41, 5.74) is 1.18. The van der Waals surface area contributed by atoms with Gasteiger partial charge in [0.15, 0.2) is 0 Å². The first kappa shape index (κ1) is 19.4. The van der Waals surface area contributed by atoms with Crippen LogP contribution in [0.3, 0.4) is 0 Å². The third kappa shape index (κ3) is 5.88. The standard InChI is InChI=1S/C16H26N2O2S.ClH/c1-13(2)10-14-5-7-16(8-6-14)21(19,20)18-12-15-4-3-9-17-11-15;/h5-8,13,15,17-18H,3-4,9-12H2,1-2H3;1H. The van der Waals surface area contributed by atoms with Gasteiger partial charge in [0, 0.05) is 6.54 Å². The zero-order valence-electron chi connectivity index (χ0n) is 13.3. The summed E-state index contributed by atoms with van der Waals surface area (Å²) in [5, 5.41) is 3.30. The van der Waals surface area contributed by atoms with Crippen LogP contribution in [0.15, 0.2) is 29.2 Å². The largest absolute Gasteiger partial charge is 0.316 e. The number of sulfonamides is 1. The van der Waals surface area contributed by atoms with Crippen LogP contribution in [0, 0.1) is 11.8 Å². The van der Waals surface area contributed by atoms with Crippen molar-refractivity contribution >= 4 is 22.4 Å². The summed E-state index contributed by atoms with van der Waals surface area (Å²) in [5.74, 6) is 0.970. The summed E-state index contributed by atoms with van der Waals surface area (Å²) >= 11 is 0. The van der Waals surface area contributed by atoms with Crippen LogP contribution >= 0.6 is 12.4 Å². The van der Waals surface area contributed by atoms with Gasteiger partial charge in [0.05, 0.1) is 4.90 Å². The molecule has 4 nitrogen and oxygen atoms in total. The van der Waals surface area contributed by atoms with Crippen LogP contribution in [0.1, 0.15) is 32.3 Å². The second-order valence-corrected chi connectivity index (χ2v) is 8.07. The van der Waals surface area contributed by atoms with Crippen molar-refractivity contribution in [3.63, 3.8) is 0 Å². The van der Waals surface area contributed by atoms with Crippen molar-refractivity contribution in [2.75, 3.05) is 19.6 Å². The molecule has 0 amide bonds. The molecule has 0 radical (unpaired) electrons. The highest BCUT2D eigenvalue weighted by molar-refractivity contribution is 7.89. The topological polar surface area (TPSA) is 58.2 Å². The summed E-state index contributed by atoms with van der Waals surface area (Å²) in [6.45, 7) is 6.77. The maximum atomic E-state index is 12.3. The molecule has 126 valence electrons. The van der Waals surface area contributed by atoms with Gasteiger partial charge in [0.2, 0.25) is 10.0 Å². The summed E-state index contributed by atoms with van der Waals surface area (Å²) < 4.78 is 27.3. The van der Waals surface area contributed by atoms with E-state index in [1.54, 1.807) is 12.1 Å². The molecule has 0 aliphatic carbocycles. The third-order valence-electron chi connectivity index (χ3n) is 3.84. The number of halogens is 1. The third-order valence-corrected chi connectivity index (χ3v) is 5.28. The molecule has 1 aliphatic rings. The van der Waals surface area contributed by atoms with E-state index in [0.29, 0.717) is 23.3 Å². The van der Waals surface area contributed by atoms with Crippen LogP contribution < -0.4 is 10.0 Å². The molecule has 0 aromatic heterocycles. The predicted molar refractivity (Wildman–Crippen MR) is 93.0 cm³/mol. The summed E-state index contributed by atoms with van der Waals surface area (Å²) in [4.78, 5) is 0.360. The highest BCUT2D eigenvalue weighted by Gasteiger charge is 2.18. The van der Waals surface area contributed by atoms with Gasteiger partial charge in [0.1, 0.15) is 0 Å². The number of hydrogen-bond donors (Lipinski definition) is 2. The summed E-state index contributed by atoms with van der Waals surface area (Å²) in [6.07, 6.45) is 3.18. The maximum Gasteiger partial charge on any atom is 0.240 e. The Balaban J connectivity index is 0.00000242. The zero-order valence-corrected chi connectivity index (χ0v) is 15.0. The van der Waals surface area contributed by atoms with E-state index < -0.39 is 10.0 Å². The molecule has 1 atom stereocenters. The highest BCUT2D eigenvalue weighted by Crippen LogP contribution is 2.15. The second-order valence-electron chi connectivity index (χ2n) is 6.31. The number of nitrogens with one attached hydrogen (secondary N) is 2. The van der Waals surface area contributed by atoms with E-state index in [-0.39, 0.29) is 12.4 Å². The molecule has 1 aromatic carbocycles. The fourth-order valence-electron chi connectivity index (χ4n) is 2.69. The molecule has 1 heterocycles. The molecule has 2 N–H and O–H groups in total. The number of benzene rings is 1. The smallest absolute Gasteiger partial charge is 0.240 e. The Hall–Kier alpha value is -0.620. The van der Waals surface area contributed by atoms with Gasteiger partial charge in [-0.2, -0.15) is 0 Å². The van der Waals surface area contributed by atoms with Gasteiger partial charge in [-0.25, -0.2) is 13.1 Å². The van der Waals surface area contributed by atoms with E-state index in [2.05, 4.69) is 23.9 Å². The Labute approximate surface area is 140 Å². The summed E-state index contributed by atoms with van der Waals surface area (Å²) in [6, 6.07) is 7.24. The van der Waals surface area contributed by atoms with Gasteiger partial charge >= 0.3 is 0 Å². The molecule has 1 aromatic rings. The Kier molecular flexibility index (Phi) is 7.83. The number of piperidine rings is 1. The molecule has 1 saturated heterocycles. The second kappa shape index (κ2) is 8.87. The SMILES string of the molecule is CC(C)Cc1ccc(S(=O)(=O)NCC2CCCNC2)cc1.Cl. The average molecular weight is 347 g/mol. The van der Waals surface area contributed by atoms with Gasteiger partial charge in [-0.1, -0.05) is 26.0 Å². The minimum atomic E-state index is -3.38. The molecule has 0 bridgehead atoms. The Bertz CT molecular complexity index is 538.